The molecule has 0 aromatic carbocycles. The third kappa shape index (κ3) is 4.79. The molecule has 1 saturated heterocycles. The van der Waals surface area contributed by atoms with Crippen LogP contribution in [0, 0.1) is 5.92 Å². The van der Waals surface area contributed by atoms with E-state index in [-0.39, 0.29) is 5.91 Å². The van der Waals surface area contributed by atoms with E-state index in [1.807, 2.05) is 0 Å². The van der Waals surface area contributed by atoms with Crippen LogP contribution in [0.15, 0.2) is 4.52 Å². The largest absolute Gasteiger partial charge is 0.355 e. The van der Waals surface area contributed by atoms with Gasteiger partial charge in [-0.1, -0.05) is 5.16 Å². The van der Waals surface area contributed by atoms with Gasteiger partial charge in [-0.3, -0.25) is 14.6 Å². The van der Waals surface area contributed by atoms with Gasteiger partial charge in [-0.25, -0.2) is 0 Å². The molecule has 2 saturated carbocycles. The number of nitrogens with one attached hydrogen (secondary N) is 1. The van der Waals surface area contributed by atoms with Gasteiger partial charge in [-0.2, -0.15) is 4.98 Å². The fraction of sp³-hybridized carbons (Fsp3) is 0.833. The first-order valence-corrected chi connectivity index (χ1v) is 9.69. The fourth-order valence-corrected chi connectivity index (χ4v) is 3.55. The summed E-state index contributed by atoms with van der Waals surface area (Å²) in [4.78, 5) is 21.2. The molecule has 25 heavy (non-hydrogen) atoms. The molecular formula is C18H29N5O2. The Bertz CT molecular complexity index is 596. The molecule has 0 bridgehead atoms. The molecule has 0 spiro atoms. The maximum absolute atomic E-state index is 12.1. The van der Waals surface area contributed by atoms with Gasteiger partial charge >= 0.3 is 0 Å². The van der Waals surface area contributed by atoms with Crippen molar-refractivity contribution in [2.75, 3.05) is 33.2 Å². The number of amides is 1. The molecule has 0 radical (unpaired) electrons. The minimum Gasteiger partial charge on any atom is -0.355 e. The van der Waals surface area contributed by atoms with Crippen LogP contribution in [0.1, 0.15) is 56.2 Å². The highest BCUT2D eigenvalue weighted by atomic mass is 16.5. The lowest BCUT2D eigenvalue weighted by Crippen LogP contribution is -2.49. The summed E-state index contributed by atoms with van der Waals surface area (Å²) in [6, 6.07) is 0.412. The van der Waals surface area contributed by atoms with Crippen molar-refractivity contribution >= 4 is 5.91 Å². The number of carbonyl (C=O) groups excluding carboxylic acids is 1. The first-order chi connectivity index (χ1) is 12.2. The zero-order valence-electron chi connectivity index (χ0n) is 15.1. The monoisotopic (exact) mass is 347 g/mol. The Morgan fingerprint density at radius 1 is 1.32 bits per heavy atom. The van der Waals surface area contributed by atoms with Crippen LogP contribution in [-0.2, 0) is 11.3 Å². The van der Waals surface area contributed by atoms with E-state index in [2.05, 4.69) is 32.3 Å². The molecule has 1 aromatic rings. The van der Waals surface area contributed by atoms with E-state index >= 15 is 0 Å². The summed E-state index contributed by atoms with van der Waals surface area (Å²) in [5, 5.41) is 7.19. The van der Waals surface area contributed by atoms with E-state index in [4.69, 9.17) is 4.52 Å². The molecular weight excluding hydrogens is 318 g/mol. The molecule has 1 aliphatic heterocycles. The minimum absolute atomic E-state index is 0.152. The lowest BCUT2D eigenvalue weighted by atomic mass is 10.0. The zero-order chi connectivity index (χ0) is 17.2. The minimum atomic E-state index is 0.152. The first kappa shape index (κ1) is 17.0. The highest BCUT2D eigenvalue weighted by Crippen LogP contribution is 2.38. The first-order valence-electron chi connectivity index (χ1n) is 9.69. The second-order valence-corrected chi connectivity index (χ2v) is 8.02. The van der Waals surface area contributed by atoms with Crippen LogP contribution in [0.3, 0.4) is 0 Å². The van der Waals surface area contributed by atoms with Crippen LogP contribution >= 0.6 is 0 Å². The molecule has 3 aliphatic rings. The molecule has 3 fully saturated rings. The van der Waals surface area contributed by atoms with Crippen molar-refractivity contribution in [3.05, 3.63) is 11.7 Å². The summed E-state index contributed by atoms with van der Waals surface area (Å²) in [6.45, 7) is 4.10. The topological polar surface area (TPSA) is 74.5 Å². The lowest BCUT2D eigenvalue weighted by Gasteiger charge is -2.36. The normalized spacial score (nSPS) is 24.6. The van der Waals surface area contributed by atoms with Gasteiger partial charge in [0, 0.05) is 25.0 Å². The number of likely N-dealkylation sites (N-methyl/N-ethyl adjacent to an activating group) is 1. The summed E-state index contributed by atoms with van der Waals surface area (Å²) in [7, 11) is 2.06. The molecule has 138 valence electrons. The smallest absolute Gasteiger partial charge is 0.234 e. The average Bonchev–Trinajstić information content (AvgIpc) is 3.53. The Morgan fingerprint density at radius 3 is 2.92 bits per heavy atom. The Morgan fingerprint density at radius 2 is 2.16 bits per heavy atom. The van der Waals surface area contributed by atoms with E-state index in [0.717, 1.165) is 56.7 Å². The maximum atomic E-state index is 12.1. The van der Waals surface area contributed by atoms with Crippen molar-refractivity contribution in [2.24, 2.45) is 5.92 Å². The molecule has 1 N–H and O–H groups in total. The van der Waals surface area contributed by atoms with Crippen LogP contribution in [0.2, 0.25) is 0 Å². The number of nitrogens with zero attached hydrogens (tertiary/aromatic N) is 4. The average molecular weight is 347 g/mol. The number of hydrogen-bond acceptors (Lipinski definition) is 6. The van der Waals surface area contributed by atoms with Crippen molar-refractivity contribution in [2.45, 2.75) is 57.0 Å². The summed E-state index contributed by atoms with van der Waals surface area (Å²) in [5.41, 5.74) is 0. The van der Waals surface area contributed by atoms with Gasteiger partial charge in [0.15, 0.2) is 5.82 Å². The number of aromatic nitrogens is 2. The third-order valence-electron chi connectivity index (χ3n) is 5.56. The van der Waals surface area contributed by atoms with Crippen molar-refractivity contribution in [1.82, 2.24) is 25.3 Å². The third-order valence-corrected chi connectivity index (χ3v) is 5.56. The van der Waals surface area contributed by atoms with Crippen molar-refractivity contribution in [3.63, 3.8) is 0 Å². The Hall–Kier alpha value is -1.47. The quantitative estimate of drug-likeness (QED) is 0.766. The fourth-order valence-electron chi connectivity index (χ4n) is 3.55. The zero-order valence-corrected chi connectivity index (χ0v) is 15.1. The SMILES string of the molecule is CN(CC(=O)NCC1CC1)[C@H]1CCCN(Cc2noc(C3CC3)n2)C1. The van der Waals surface area contributed by atoms with Crippen molar-refractivity contribution < 1.29 is 9.32 Å². The van der Waals surface area contributed by atoms with Gasteiger partial charge in [0.05, 0.1) is 13.1 Å². The second kappa shape index (κ2) is 7.41. The summed E-state index contributed by atoms with van der Waals surface area (Å²) in [5.74, 6) is 3.00. The number of rotatable bonds is 8. The Labute approximate surface area is 149 Å². The van der Waals surface area contributed by atoms with Gasteiger partial charge in [-0.15, -0.1) is 0 Å². The molecule has 1 atom stereocenters. The molecule has 2 heterocycles. The number of likely N-dealkylation sites (tertiary alicyclic amines) is 1. The molecule has 1 aromatic heterocycles. The predicted octanol–water partition coefficient (Wildman–Crippen LogP) is 1.37. The van der Waals surface area contributed by atoms with E-state index in [9.17, 15) is 4.79 Å². The van der Waals surface area contributed by atoms with E-state index in [0.29, 0.717) is 18.5 Å². The van der Waals surface area contributed by atoms with E-state index in [1.165, 1.54) is 25.7 Å². The van der Waals surface area contributed by atoms with E-state index < -0.39 is 0 Å². The molecule has 0 unspecified atom stereocenters. The van der Waals surface area contributed by atoms with Crippen LogP contribution < -0.4 is 5.32 Å². The number of hydrogen-bond donors (Lipinski definition) is 1. The van der Waals surface area contributed by atoms with Crippen molar-refractivity contribution in [3.8, 4) is 0 Å². The standard InChI is InChI=1S/C18H29N5O2/c1-22(12-17(24)19-9-13-4-5-13)15-3-2-8-23(10-15)11-16-20-18(25-21-16)14-6-7-14/h13-15H,2-12H2,1H3,(H,19,24)/t15-/m0/s1. The summed E-state index contributed by atoms with van der Waals surface area (Å²) in [6.07, 6.45) is 7.19. The van der Waals surface area contributed by atoms with Gasteiger partial charge in [-0.05, 0) is 58.0 Å². The molecule has 7 heteroatoms. The molecule has 7 nitrogen and oxygen atoms in total. The van der Waals surface area contributed by atoms with E-state index in [1.54, 1.807) is 0 Å². The lowest BCUT2D eigenvalue weighted by molar-refractivity contribution is -0.122. The Balaban J connectivity index is 1.23. The van der Waals surface area contributed by atoms with Crippen LogP contribution in [0.25, 0.3) is 0 Å². The maximum Gasteiger partial charge on any atom is 0.234 e. The van der Waals surface area contributed by atoms with Gasteiger partial charge in [0.1, 0.15) is 0 Å². The highest BCUT2D eigenvalue weighted by molar-refractivity contribution is 5.78. The Kier molecular flexibility index (Phi) is 5.03. The van der Waals surface area contributed by atoms with Crippen LogP contribution in [0.5, 0.6) is 0 Å². The molecule has 1 amide bonds. The van der Waals surface area contributed by atoms with Crippen LogP contribution in [-0.4, -0.2) is 65.1 Å². The molecule has 4 rings (SSSR count). The van der Waals surface area contributed by atoms with Gasteiger partial charge < -0.3 is 9.84 Å². The van der Waals surface area contributed by atoms with Crippen LogP contribution in [0.4, 0.5) is 0 Å². The summed E-state index contributed by atoms with van der Waals surface area (Å²) >= 11 is 0. The molecule has 2 aliphatic carbocycles. The second-order valence-electron chi connectivity index (χ2n) is 8.02. The van der Waals surface area contributed by atoms with Gasteiger partial charge in [0.2, 0.25) is 11.8 Å². The number of piperidine rings is 1. The number of carbonyl (C=O) groups is 1. The van der Waals surface area contributed by atoms with Crippen molar-refractivity contribution in [1.29, 1.82) is 0 Å². The summed E-state index contributed by atoms with van der Waals surface area (Å²) < 4.78 is 5.36. The predicted molar refractivity (Wildman–Crippen MR) is 92.9 cm³/mol. The van der Waals surface area contributed by atoms with Gasteiger partial charge in [0.25, 0.3) is 0 Å². The highest BCUT2D eigenvalue weighted by Gasteiger charge is 2.30.